The summed E-state index contributed by atoms with van der Waals surface area (Å²) < 4.78 is 27.2. The Kier molecular flexibility index (Phi) is 6.38. The summed E-state index contributed by atoms with van der Waals surface area (Å²) in [6.07, 6.45) is 4.05. The van der Waals surface area contributed by atoms with Gasteiger partial charge >= 0.3 is 0 Å². The van der Waals surface area contributed by atoms with Crippen LogP contribution in [0.5, 0.6) is 0 Å². The van der Waals surface area contributed by atoms with Crippen LogP contribution in [0, 0.1) is 0 Å². The normalized spacial score (nSPS) is 13.7. The van der Waals surface area contributed by atoms with Gasteiger partial charge in [-0.05, 0) is 44.7 Å². The van der Waals surface area contributed by atoms with Gasteiger partial charge in [0.2, 0.25) is 16.0 Å². The van der Waals surface area contributed by atoms with Crippen molar-refractivity contribution in [3.05, 3.63) is 40.5 Å². The molecule has 1 aromatic carbocycles. The summed E-state index contributed by atoms with van der Waals surface area (Å²) in [6.45, 7) is 2.96. The molecule has 0 spiro atoms. The third-order valence-electron chi connectivity index (χ3n) is 4.32. The lowest BCUT2D eigenvalue weighted by Crippen LogP contribution is -2.24. The average molecular weight is 410 g/mol. The van der Waals surface area contributed by atoms with E-state index in [1.807, 2.05) is 6.92 Å². The summed E-state index contributed by atoms with van der Waals surface area (Å²) in [7, 11) is -3.52. The molecule has 9 heteroatoms. The van der Waals surface area contributed by atoms with E-state index in [2.05, 4.69) is 25.3 Å². The molecule has 1 aromatic heterocycles. The Balaban J connectivity index is 1.67. The van der Waals surface area contributed by atoms with Crippen LogP contribution in [0.2, 0.25) is 5.02 Å². The predicted octanol–water partition coefficient (Wildman–Crippen LogP) is 3.29. The Hall–Kier alpha value is -2.06. The fourth-order valence-corrected chi connectivity index (χ4v) is 4.27. The highest BCUT2D eigenvalue weighted by atomic mass is 35.5. The molecule has 3 rings (SSSR count). The molecule has 0 unspecified atom stereocenters. The molecule has 0 aliphatic heterocycles. The van der Waals surface area contributed by atoms with Crippen molar-refractivity contribution >= 4 is 39.1 Å². The highest BCUT2D eigenvalue weighted by molar-refractivity contribution is 7.92. The molecule has 146 valence electrons. The number of para-hydroxylation sites is 1. The number of benzene rings is 1. The van der Waals surface area contributed by atoms with E-state index in [4.69, 9.17) is 11.6 Å². The SMILES string of the molecule is CCNc1nc2c(c(NCCS(=O)(=O)Nc3ccccc3Cl)n1)CCCC2. The fourth-order valence-electron chi connectivity index (χ4n) is 3.04. The first-order chi connectivity index (χ1) is 13.0. The molecule has 3 N–H and O–H groups in total. The van der Waals surface area contributed by atoms with E-state index in [-0.39, 0.29) is 12.3 Å². The molecule has 1 aliphatic carbocycles. The van der Waals surface area contributed by atoms with Crippen LogP contribution in [0.25, 0.3) is 0 Å². The molecule has 2 aromatic rings. The second-order valence-electron chi connectivity index (χ2n) is 6.39. The summed E-state index contributed by atoms with van der Waals surface area (Å²) >= 11 is 6.02. The number of fused-ring (bicyclic) bond motifs is 1. The zero-order chi connectivity index (χ0) is 19.3. The van der Waals surface area contributed by atoms with Crippen LogP contribution in [0.1, 0.15) is 31.0 Å². The van der Waals surface area contributed by atoms with Crippen LogP contribution >= 0.6 is 11.6 Å². The van der Waals surface area contributed by atoms with Gasteiger partial charge in [-0.1, -0.05) is 23.7 Å². The standard InChI is InChI=1S/C18H24ClN5O2S/c1-2-20-18-22-15-9-5-3-7-13(15)17(23-18)21-11-12-27(25,26)24-16-10-6-4-8-14(16)19/h4,6,8,10,24H,2-3,5,7,9,11-12H2,1H3,(H2,20,21,22,23). The van der Waals surface area contributed by atoms with Crippen LogP contribution < -0.4 is 15.4 Å². The second-order valence-corrected chi connectivity index (χ2v) is 8.64. The van der Waals surface area contributed by atoms with E-state index in [0.717, 1.165) is 49.3 Å². The van der Waals surface area contributed by atoms with Gasteiger partial charge in [-0.15, -0.1) is 0 Å². The molecule has 7 nitrogen and oxygen atoms in total. The van der Waals surface area contributed by atoms with Crippen molar-refractivity contribution in [1.29, 1.82) is 0 Å². The number of aryl methyl sites for hydroxylation is 1. The van der Waals surface area contributed by atoms with Crippen LogP contribution in [-0.4, -0.2) is 37.2 Å². The lowest BCUT2D eigenvalue weighted by molar-refractivity contribution is 0.601. The molecule has 0 radical (unpaired) electrons. The molecular weight excluding hydrogens is 386 g/mol. The molecule has 27 heavy (non-hydrogen) atoms. The predicted molar refractivity (Wildman–Crippen MR) is 110 cm³/mol. The van der Waals surface area contributed by atoms with Crippen LogP contribution in [0.3, 0.4) is 0 Å². The van der Waals surface area contributed by atoms with E-state index in [1.165, 1.54) is 0 Å². The molecule has 0 atom stereocenters. The van der Waals surface area contributed by atoms with Crippen molar-refractivity contribution in [2.75, 3.05) is 34.2 Å². The van der Waals surface area contributed by atoms with E-state index < -0.39 is 10.0 Å². The van der Waals surface area contributed by atoms with Gasteiger partial charge in [0.05, 0.1) is 22.2 Å². The van der Waals surface area contributed by atoms with Gasteiger partial charge in [0.25, 0.3) is 0 Å². The number of halogens is 1. The molecule has 0 amide bonds. The summed E-state index contributed by atoms with van der Waals surface area (Å²) in [4.78, 5) is 9.10. The van der Waals surface area contributed by atoms with E-state index in [1.54, 1.807) is 24.3 Å². The number of hydrogen-bond acceptors (Lipinski definition) is 6. The molecule has 0 saturated carbocycles. The van der Waals surface area contributed by atoms with Crippen molar-refractivity contribution < 1.29 is 8.42 Å². The van der Waals surface area contributed by atoms with Crippen molar-refractivity contribution in [3.8, 4) is 0 Å². The number of anilines is 3. The molecule has 1 heterocycles. The number of aromatic nitrogens is 2. The summed E-state index contributed by atoms with van der Waals surface area (Å²) in [5, 5.41) is 6.69. The van der Waals surface area contributed by atoms with Gasteiger partial charge < -0.3 is 10.6 Å². The minimum Gasteiger partial charge on any atom is -0.369 e. The summed E-state index contributed by atoms with van der Waals surface area (Å²) in [5.74, 6) is 1.22. The fraction of sp³-hybridized carbons (Fsp3) is 0.444. The Labute approximate surface area is 165 Å². The highest BCUT2D eigenvalue weighted by Crippen LogP contribution is 2.27. The third-order valence-corrected chi connectivity index (χ3v) is 5.92. The maximum Gasteiger partial charge on any atom is 0.234 e. The van der Waals surface area contributed by atoms with Gasteiger partial charge in [0.15, 0.2) is 0 Å². The van der Waals surface area contributed by atoms with Gasteiger partial charge in [0.1, 0.15) is 5.82 Å². The average Bonchev–Trinajstić information content (AvgIpc) is 2.63. The Morgan fingerprint density at radius 1 is 1.11 bits per heavy atom. The quantitative estimate of drug-likeness (QED) is 0.619. The minimum absolute atomic E-state index is 0.0897. The van der Waals surface area contributed by atoms with E-state index in [9.17, 15) is 8.42 Å². The first kappa shape index (κ1) is 19.7. The van der Waals surface area contributed by atoms with Gasteiger partial charge in [-0.25, -0.2) is 13.4 Å². The molecule has 1 aliphatic rings. The lowest BCUT2D eigenvalue weighted by atomic mass is 9.96. The van der Waals surface area contributed by atoms with Crippen LogP contribution in [0.4, 0.5) is 17.5 Å². The monoisotopic (exact) mass is 409 g/mol. The van der Waals surface area contributed by atoms with Crippen molar-refractivity contribution in [1.82, 2.24) is 9.97 Å². The number of nitrogens with zero attached hydrogens (tertiary/aromatic N) is 2. The Morgan fingerprint density at radius 3 is 2.67 bits per heavy atom. The van der Waals surface area contributed by atoms with E-state index in [0.29, 0.717) is 16.7 Å². The van der Waals surface area contributed by atoms with Crippen LogP contribution in [-0.2, 0) is 22.9 Å². The van der Waals surface area contributed by atoms with Crippen molar-refractivity contribution in [2.45, 2.75) is 32.6 Å². The highest BCUT2D eigenvalue weighted by Gasteiger charge is 2.18. The number of sulfonamides is 1. The smallest absolute Gasteiger partial charge is 0.234 e. The number of rotatable bonds is 8. The minimum atomic E-state index is -3.52. The van der Waals surface area contributed by atoms with Gasteiger partial charge in [0, 0.05) is 18.7 Å². The summed E-state index contributed by atoms with van der Waals surface area (Å²) in [5.41, 5.74) is 2.53. The van der Waals surface area contributed by atoms with Crippen molar-refractivity contribution in [2.24, 2.45) is 0 Å². The van der Waals surface area contributed by atoms with Gasteiger partial charge in [-0.2, -0.15) is 4.98 Å². The number of hydrogen-bond donors (Lipinski definition) is 3. The maximum absolute atomic E-state index is 12.3. The summed E-state index contributed by atoms with van der Waals surface area (Å²) in [6, 6.07) is 6.77. The topological polar surface area (TPSA) is 96.0 Å². The van der Waals surface area contributed by atoms with E-state index >= 15 is 0 Å². The molecule has 0 bridgehead atoms. The molecule has 0 saturated heterocycles. The molecule has 0 fully saturated rings. The largest absolute Gasteiger partial charge is 0.369 e. The Bertz CT molecular complexity index is 905. The lowest BCUT2D eigenvalue weighted by Gasteiger charge is -2.20. The number of nitrogens with one attached hydrogen (secondary N) is 3. The first-order valence-electron chi connectivity index (χ1n) is 9.11. The molecular formula is C18H24ClN5O2S. The Morgan fingerprint density at radius 2 is 1.89 bits per heavy atom. The zero-order valence-corrected chi connectivity index (χ0v) is 16.8. The zero-order valence-electron chi connectivity index (χ0n) is 15.3. The van der Waals surface area contributed by atoms with Crippen LogP contribution in [0.15, 0.2) is 24.3 Å². The third kappa shape index (κ3) is 5.23. The van der Waals surface area contributed by atoms with Crippen molar-refractivity contribution in [3.63, 3.8) is 0 Å². The second kappa shape index (κ2) is 8.75. The van der Waals surface area contributed by atoms with Gasteiger partial charge in [-0.3, -0.25) is 4.72 Å². The maximum atomic E-state index is 12.3. The first-order valence-corrected chi connectivity index (χ1v) is 11.1.